The molecule has 3 aliphatic rings. The summed E-state index contributed by atoms with van der Waals surface area (Å²) in [7, 11) is 2.60. The second-order valence-corrected chi connectivity index (χ2v) is 16.8. The van der Waals surface area contributed by atoms with E-state index in [9.17, 15) is 19.2 Å². The Morgan fingerprint density at radius 1 is 0.655 bits per heavy atom. The highest BCUT2D eigenvalue weighted by atomic mass is 16.5. The summed E-state index contributed by atoms with van der Waals surface area (Å²) in [5, 5.41) is 5.47. The molecular formula is C44H56N8O6. The first-order valence-corrected chi connectivity index (χ1v) is 20.5. The quantitative estimate of drug-likeness (QED) is 0.116. The van der Waals surface area contributed by atoms with Gasteiger partial charge in [0.25, 0.3) is 0 Å². The van der Waals surface area contributed by atoms with Crippen molar-refractivity contribution in [1.82, 2.24) is 40.4 Å². The summed E-state index contributed by atoms with van der Waals surface area (Å²) >= 11 is 0. The Kier molecular flexibility index (Phi) is 11.9. The van der Waals surface area contributed by atoms with Gasteiger partial charge in [0.15, 0.2) is 0 Å². The number of aromatic nitrogens is 4. The lowest BCUT2D eigenvalue weighted by molar-refractivity contribution is -0.137. The van der Waals surface area contributed by atoms with Gasteiger partial charge >= 0.3 is 12.2 Å². The molecule has 7 rings (SSSR count). The zero-order chi connectivity index (χ0) is 41.2. The minimum Gasteiger partial charge on any atom is -0.453 e. The largest absolute Gasteiger partial charge is 0.453 e. The number of rotatable bonds is 12. The highest BCUT2D eigenvalue weighted by Crippen LogP contribution is 2.47. The SMILES string of the molecule is COC(=O)N[C@H](C(=O)N1C[C@@H](C2CC2)C[C@H]1c1ncc(-c2ccc(-c3ccc(-c4cnc([C@@H]5CC[C@H](C)N5C(=O)[C@@H](NC(=O)OC)C(C)C)[nH]4)cc3)cc2)[nH]1)C(C)C. The Balaban J connectivity index is 1.03. The Morgan fingerprint density at radius 2 is 1.12 bits per heavy atom. The lowest BCUT2D eigenvalue weighted by atomic mass is 10.00. The molecule has 58 heavy (non-hydrogen) atoms. The number of ether oxygens (including phenoxy) is 2. The second-order valence-electron chi connectivity index (χ2n) is 16.8. The molecule has 308 valence electrons. The topological polar surface area (TPSA) is 175 Å². The first kappa shape index (κ1) is 40.5. The van der Waals surface area contributed by atoms with E-state index in [-0.39, 0.29) is 41.8 Å². The summed E-state index contributed by atoms with van der Waals surface area (Å²) in [6.45, 7) is 10.3. The molecule has 0 bridgehead atoms. The van der Waals surface area contributed by atoms with E-state index in [1.165, 1.54) is 27.1 Å². The molecule has 1 saturated carbocycles. The van der Waals surface area contributed by atoms with E-state index in [2.05, 4.69) is 69.1 Å². The molecule has 2 aliphatic heterocycles. The lowest BCUT2D eigenvalue weighted by Crippen LogP contribution is -2.52. The van der Waals surface area contributed by atoms with Gasteiger partial charge in [0.1, 0.15) is 23.7 Å². The minimum atomic E-state index is -0.703. The van der Waals surface area contributed by atoms with Crippen LogP contribution in [0.2, 0.25) is 0 Å². The standard InChI is InChI=1S/C44H56N8O6/c1-24(2)37(49-43(55)57-6)41(53)51-23-32(29-9-10-29)20-36(51)40-46-22-34(48-40)31-17-13-28(14-18-31)27-11-15-30(16-12-27)33-21-45-39(47-33)35-19-8-26(5)52(35)42(54)38(25(3)4)50-44(56)58-7/h11-18,21-22,24-26,29,32,35-38H,8-10,19-20,23H2,1-7H3,(H,45,47)(H,46,48)(H,49,55)(H,50,56)/t26-,32-,35-,36-,37-,38-/m0/s1. The van der Waals surface area contributed by atoms with Crippen molar-refractivity contribution in [1.29, 1.82) is 0 Å². The van der Waals surface area contributed by atoms with E-state index in [1.807, 2.05) is 56.8 Å². The summed E-state index contributed by atoms with van der Waals surface area (Å²) in [6, 6.07) is 14.8. The number of methoxy groups -OCH3 is 2. The average molecular weight is 793 g/mol. The number of hydrogen-bond donors (Lipinski definition) is 4. The van der Waals surface area contributed by atoms with E-state index in [4.69, 9.17) is 19.4 Å². The maximum Gasteiger partial charge on any atom is 0.407 e. The van der Waals surface area contributed by atoms with Crippen LogP contribution in [0.1, 0.15) is 90.5 Å². The van der Waals surface area contributed by atoms with Crippen LogP contribution in [0.5, 0.6) is 0 Å². The van der Waals surface area contributed by atoms with Gasteiger partial charge in [-0.15, -0.1) is 0 Å². The molecule has 1 aliphatic carbocycles. The van der Waals surface area contributed by atoms with E-state index in [1.54, 1.807) is 0 Å². The van der Waals surface area contributed by atoms with Crippen molar-refractivity contribution in [3.8, 4) is 33.6 Å². The van der Waals surface area contributed by atoms with Crippen LogP contribution in [-0.4, -0.2) is 92.6 Å². The Bertz CT molecular complexity index is 2090. The molecule has 2 aromatic carbocycles. The Hall–Kier alpha value is -5.66. The fraction of sp³-hybridized carbons (Fsp3) is 0.500. The molecule has 2 saturated heterocycles. The predicted molar refractivity (Wildman–Crippen MR) is 219 cm³/mol. The van der Waals surface area contributed by atoms with Crippen LogP contribution in [0.4, 0.5) is 9.59 Å². The van der Waals surface area contributed by atoms with Gasteiger partial charge in [-0.3, -0.25) is 9.59 Å². The van der Waals surface area contributed by atoms with Crippen LogP contribution < -0.4 is 10.6 Å². The van der Waals surface area contributed by atoms with Crippen molar-refractivity contribution in [3.63, 3.8) is 0 Å². The van der Waals surface area contributed by atoms with Gasteiger partial charge in [0.2, 0.25) is 11.8 Å². The first-order valence-electron chi connectivity index (χ1n) is 20.5. The van der Waals surface area contributed by atoms with Crippen molar-refractivity contribution >= 4 is 24.0 Å². The second kappa shape index (κ2) is 17.1. The van der Waals surface area contributed by atoms with E-state index >= 15 is 0 Å². The van der Waals surface area contributed by atoms with Crippen LogP contribution >= 0.6 is 0 Å². The van der Waals surface area contributed by atoms with Crippen molar-refractivity contribution in [3.05, 3.63) is 72.6 Å². The number of nitrogens with one attached hydrogen (secondary N) is 4. The number of carbonyl (C=O) groups is 4. The summed E-state index contributed by atoms with van der Waals surface area (Å²) < 4.78 is 9.61. The Labute approximate surface area is 339 Å². The van der Waals surface area contributed by atoms with Gasteiger partial charge in [-0.1, -0.05) is 76.2 Å². The van der Waals surface area contributed by atoms with Crippen LogP contribution in [-0.2, 0) is 19.1 Å². The van der Waals surface area contributed by atoms with Gasteiger partial charge in [-0.25, -0.2) is 19.6 Å². The maximum atomic E-state index is 13.9. The van der Waals surface area contributed by atoms with Crippen LogP contribution in [0.15, 0.2) is 60.9 Å². The van der Waals surface area contributed by atoms with Crippen LogP contribution in [0.25, 0.3) is 33.6 Å². The van der Waals surface area contributed by atoms with Crippen LogP contribution in [0, 0.1) is 23.7 Å². The number of alkyl carbamates (subject to hydrolysis) is 2. The fourth-order valence-corrected chi connectivity index (χ4v) is 8.63. The van der Waals surface area contributed by atoms with Crippen molar-refractivity contribution in [2.45, 2.75) is 96.9 Å². The Morgan fingerprint density at radius 3 is 1.59 bits per heavy atom. The molecule has 14 nitrogen and oxygen atoms in total. The molecule has 6 atom stereocenters. The molecule has 3 fully saturated rings. The summed E-state index contributed by atoms with van der Waals surface area (Å²) in [5.74, 6) is 2.05. The third-order valence-electron chi connectivity index (χ3n) is 12.2. The maximum absolute atomic E-state index is 13.9. The molecule has 2 aromatic heterocycles. The zero-order valence-electron chi connectivity index (χ0n) is 34.5. The van der Waals surface area contributed by atoms with E-state index in [0.29, 0.717) is 18.4 Å². The normalized spacial score (nSPS) is 21.6. The number of likely N-dealkylation sites (tertiary alicyclic amines) is 2. The van der Waals surface area contributed by atoms with Crippen molar-refractivity contribution in [2.75, 3.05) is 20.8 Å². The van der Waals surface area contributed by atoms with Crippen LogP contribution in [0.3, 0.4) is 0 Å². The lowest BCUT2D eigenvalue weighted by Gasteiger charge is -2.32. The molecule has 4 N–H and O–H groups in total. The summed E-state index contributed by atoms with van der Waals surface area (Å²) in [6.07, 6.45) is 7.24. The number of hydrogen-bond acceptors (Lipinski definition) is 8. The minimum absolute atomic E-state index is 0.00150. The molecular weight excluding hydrogens is 737 g/mol. The van der Waals surface area contributed by atoms with E-state index < -0.39 is 24.3 Å². The number of amides is 4. The highest BCUT2D eigenvalue weighted by Gasteiger charge is 2.46. The molecule has 4 amide bonds. The van der Waals surface area contributed by atoms with Gasteiger partial charge in [-0.2, -0.15) is 0 Å². The number of benzene rings is 2. The average Bonchev–Trinajstić information content (AvgIpc) is 3.59. The molecule has 0 radical (unpaired) electrons. The molecule has 0 spiro atoms. The third kappa shape index (κ3) is 8.46. The highest BCUT2D eigenvalue weighted by molar-refractivity contribution is 5.87. The number of imidazole rings is 2. The smallest absolute Gasteiger partial charge is 0.407 e. The number of aromatic amines is 2. The third-order valence-corrected chi connectivity index (χ3v) is 12.2. The van der Waals surface area contributed by atoms with Gasteiger partial charge < -0.3 is 39.9 Å². The molecule has 0 unspecified atom stereocenters. The van der Waals surface area contributed by atoms with Gasteiger partial charge in [0.05, 0.1) is 50.1 Å². The first-order chi connectivity index (χ1) is 27.9. The van der Waals surface area contributed by atoms with Gasteiger partial charge in [0, 0.05) is 12.6 Å². The summed E-state index contributed by atoms with van der Waals surface area (Å²) in [5.41, 5.74) is 5.82. The van der Waals surface area contributed by atoms with Crippen molar-refractivity contribution < 1.29 is 28.7 Å². The number of carbonyl (C=O) groups excluding carboxylic acids is 4. The van der Waals surface area contributed by atoms with E-state index in [0.717, 1.165) is 64.6 Å². The molecule has 4 aromatic rings. The monoisotopic (exact) mass is 792 g/mol. The molecule has 4 heterocycles. The van der Waals surface area contributed by atoms with Gasteiger partial charge in [-0.05, 0) is 85.0 Å². The fourth-order valence-electron chi connectivity index (χ4n) is 8.63. The molecule has 14 heteroatoms. The zero-order valence-corrected chi connectivity index (χ0v) is 34.5. The number of H-pyrrole nitrogens is 2. The summed E-state index contributed by atoms with van der Waals surface area (Å²) in [4.78, 5) is 72.1. The predicted octanol–water partition coefficient (Wildman–Crippen LogP) is 7.25. The van der Waals surface area contributed by atoms with Crippen molar-refractivity contribution in [2.24, 2.45) is 23.7 Å². The number of nitrogens with zero attached hydrogens (tertiary/aromatic N) is 4.